The van der Waals surface area contributed by atoms with E-state index in [9.17, 15) is 0 Å². The number of nitrogen functional groups attached to an aromatic ring is 1. The van der Waals surface area contributed by atoms with Gasteiger partial charge in [0.1, 0.15) is 0 Å². The van der Waals surface area contributed by atoms with Crippen molar-refractivity contribution >= 4 is 5.69 Å². The van der Waals surface area contributed by atoms with Crippen molar-refractivity contribution < 1.29 is 4.74 Å². The molecular formula is C11H20N4O. The number of methoxy groups -OCH3 is 1. The standard InChI is InChI=1S/C11H20N4O/c1-16-11-3-2-4-14(9-11)5-6-15-8-10(12)7-13-15/h7-8,11H,2-6,9,12H2,1H3. The highest BCUT2D eigenvalue weighted by Gasteiger charge is 2.18. The number of rotatable bonds is 4. The van der Waals surface area contributed by atoms with Gasteiger partial charge in [0.05, 0.1) is 24.5 Å². The summed E-state index contributed by atoms with van der Waals surface area (Å²) in [7, 11) is 1.79. The highest BCUT2D eigenvalue weighted by atomic mass is 16.5. The number of aromatic nitrogens is 2. The maximum absolute atomic E-state index is 5.61. The molecule has 0 bridgehead atoms. The topological polar surface area (TPSA) is 56.3 Å². The van der Waals surface area contributed by atoms with Crippen LogP contribution in [0.4, 0.5) is 5.69 Å². The molecule has 1 atom stereocenters. The second kappa shape index (κ2) is 5.32. The van der Waals surface area contributed by atoms with Crippen LogP contribution in [0.5, 0.6) is 0 Å². The van der Waals surface area contributed by atoms with Crippen LogP contribution in [0.1, 0.15) is 12.8 Å². The first kappa shape index (κ1) is 11.4. The second-order valence-corrected chi connectivity index (χ2v) is 4.34. The Balaban J connectivity index is 1.77. The average Bonchev–Trinajstić information content (AvgIpc) is 2.73. The lowest BCUT2D eigenvalue weighted by molar-refractivity contribution is 0.0300. The predicted molar refractivity (Wildman–Crippen MR) is 63.1 cm³/mol. The Morgan fingerprint density at radius 3 is 3.12 bits per heavy atom. The molecule has 0 saturated carbocycles. The summed E-state index contributed by atoms with van der Waals surface area (Å²) in [6, 6.07) is 0. The molecule has 16 heavy (non-hydrogen) atoms. The van der Waals surface area contributed by atoms with Crippen LogP contribution in [0.3, 0.4) is 0 Å². The molecule has 1 fully saturated rings. The van der Waals surface area contributed by atoms with Crippen molar-refractivity contribution in [3.8, 4) is 0 Å². The molecule has 0 radical (unpaired) electrons. The van der Waals surface area contributed by atoms with Crippen molar-refractivity contribution in [3.05, 3.63) is 12.4 Å². The molecule has 0 amide bonds. The van der Waals surface area contributed by atoms with Gasteiger partial charge in [-0.2, -0.15) is 5.10 Å². The molecule has 1 aromatic heterocycles. The number of nitrogens with two attached hydrogens (primary N) is 1. The number of hydrogen-bond donors (Lipinski definition) is 1. The zero-order valence-electron chi connectivity index (χ0n) is 9.80. The van der Waals surface area contributed by atoms with Gasteiger partial charge in [-0.15, -0.1) is 0 Å². The van der Waals surface area contributed by atoms with Crippen LogP contribution >= 0.6 is 0 Å². The van der Waals surface area contributed by atoms with Gasteiger partial charge in [0.25, 0.3) is 0 Å². The monoisotopic (exact) mass is 224 g/mol. The van der Waals surface area contributed by atoms with Crippen molar-refractivity contribution in [1.82, 2.24) is 14.7 Å². The molecule has 5 heteroatoms. The Labute approximate surface area is 96.2 Å². The first-order valence-electron chi connectivity index (χ1n) is 5.81. The van der Waals surface area contributed by atoms with Crippen molar-refractivity contribution in [2.24, 2.45) is 0 Å². The first-order valence-corrected chi connectivity index (χ1v) is 5.81. The molecule has 0 spiro atoms. The molecular weight excluding hydrogens is 204 g/mol. The lowest BCUT2D eigenvalue weighted by atomic mass is 10.1. The molecule has 1 aliphatic rings. The van der Waals surface area contributed by atoms with Gasteiger partial charge in [-0.3, -0.25) is 9.58 Å². The summed E-state index contributed by atoms with van der Waals surface area (Å²) in [4.78, 5) is 2.43. The lowest BCUT2D eigenvalue weighted by Crippen LogP contribution is -2.40. The van der Waals surface area contributed by atoms with E-state index in [4.69, 9.17) is 10.5 Å². The van der Waals surface area contributed by atoms with Crippen LogP contribution in [0.15, 0.2) is 12.4 Å². The molecule has 0 aliphatic carbocycles. The fourth-order valence-electron chi connectivity index (χ4n) is 2.15. The SMILES string of the molecule is COC1CCCN(CCn2cc(N)cn2)C1. The summed E-state index contributed by atoms with van der Waals surface area (Å²) in [6.07, 6.45) is 6.37. The van der Waals surface area contributed by atoms with E-state index in [1.54, 1.807) is 13.3 Å². The molecule has 1 unspecified atom stereocenters. The number of hydrogen-bond acceptors (Lipinski definition) is 4. The van der Waals surface area contributed by atoms with E-state index in [1.807, 2.05) is 10.9 Å². The third-order valence-electron chi connectivity index (χ3n) is 3.09. The summed E-state index contributed by atoms with van der Waals surface area (Å²) in [6.45, 7) is 4.11. The molecule has 0 aromatic carbocycles. The van der Waals surface area contributed by atoms with Crippen LogP contribution in [0, 0.1) is 0 Å². The molecule has 1 saturated heterocycles. The van der Waals surface area contributed by atoms with E-state index < -0.39 is 0 Å². The van der Waals surface area contributed by atoms with Crippen molar-refractivity contribution in [2.75, 3.05) is 32.5 Å². The van der Waals surface area contributed by atoms with E-state index in [0.717, 1.165) is 31.9 Å². The van der Waals surface area contributed by atoms with E-state index in [2.05, 4.69) is 10.00 Å². The van der Waals surface area contributed by atoms with Gasteiger partial charge in [0, 0.05) is 26.4 Å². The lowest BCUT2D eigenvalue weighted by Gasteiger charge is -2.31. The third-order valence-corrected chi connectivity index (χ3v) is 3.09. The fraction of sp³-hybridized carbons (Fsp3) is 0.727. The van der Waals surface area contributed by atoms with Crippen molar-refractivity contribution in [1.29, 1.82) is 0 Å². The largest absolute Gasteiger partial charge is 0.396 e. The zero-order chi connectivity index (χ0) is 11.4. The summed E-state index contributed by atoms with van der Waals surface area (Å²) >= 11 is 0. The Morgan fingerprint density at radius 1 is 1.56 bits per heavy atom. The Hall–Kier alpha value is -1.07. The highest BCUT2D eigenvalue weighted by molar-refractivity contribution is 5.30. The first-order chi connectivity index (χ1) is 7.78. The van der Waals surface area contributed by atoms with Gasteiger partial charge in [-0.25, -0.2) is 0 Å². The molecule has 2 heterocycles. The van der Waals surface area contributed by atoms with Crippen LogP contribution in [-0.4, -0.2) is 47.5 Å². The van der Waals surface area contributed by atoms with E-state index in [-0.39, 0.29) is 0 Å². The van der Waals surface area contributed by atoms with Gasteiger partial charge >= 0.3 is 0 Å². The quantitative estimate of drug-likeness (QED) is 0.812. The number of piperidine rings is 1. The molecule has 2 N–H and O–H groups in total. The number of nitrogens with zero attached hydrogens (tertiary/aromatic N) is 3. The molecule has 90 valence electrons. The van der Waals surface area contributed by atoms with Crippen molar-refractivity contribution in [2.45, 2.75) is 25.5 Å². The zero-order valence-corrected chi connectivity index (χ0v) is 9.80. The minimum atomic E-state index is 0.399. The van der Waals surface area contributed by atoms with Crippen molar-refractivity contribution in [3.63, 3.8) is 0 Å². The van der Waals surface area contributed by atoms with Crippen LogP contribution in [0.25, 0.3) is 0 Å². The molecule has 1 aromatic rings. The maximum Gasteiger partial charge on any atom is 0.0719 e. The van der Waals surface area contributed by atoms with Gasteiger partial charge in [-0.05, 0) is 19.4 Å². The summed E-state index contributed by atoms with van der Waals surface area (Å²) < 4.78 is 7.29. The number of ether oxygens (including phenoxy) is 1. The smallest absolute Gasteiger partial charge is 0.0719 e. The van der Waals surface area contributed by atoms with Gasteiger partial charge < -0.3 is 10.5 Å². The third kappa shape index (κ3) is 2.96. The van der Waals surface area contributed by atoms with E-state index in [1.165, 1.54) is 12.8 Å². The minimum absolute atomic E-state index is 0.399. The Kier molecular flexibility index (Phi) is 3.79. The fourth-order valence-corrected chi connectivity index (χ4v) is 2.15. The van der Waals surface area contributed by atoms with Crippen LogP contribution in [0.2, 0.25) is 0 Å². The average molecular weight is 224 g/mol. The van der Waals surface area contributed by atoms with E-state index >= 15 is 0 Å². The van der Waals surface area contributed by atoms with E-state index in [0.29, 0.717) is 6.10 Å². The van der Waals surface area contributed by atoms with Gasteiger partial charge in [-0.1, -0.05) is 0 Å². The normalized spacial score (nSPS) is 22.4. The molecule has 2 rings (SSSR count). The Morgan fingerprint density at radius 2 is 2.44 bits per heavy atom. The Bertz CT molecular complexity index is 326. The van der Waals surface area contributed by atoms with Crippen LogP contribution < -0.4 is 5.73 Å². The van der Waals surface area contributed by atoms with Crippen LogP contribution in [-0.2, 0) is 11.3 Å². The molecule has 1 aliphatic heterocycles. The summed E-state index contributed by atoms with van der Waals surface area (Å²) in [5.41, 5.74) is 6.34. The predicted octanol–water partition coefficient (Wildman–Crippen LogP) is 0.576. The maximum atomic E-state index is 5.61. The van der Waals surface area contributed by atoms with Gasteiger partial charge in [0.15, 0.2) is 0 Å². The van der Waals surface area contributed by atoms with Gasteiger partial charge in [0.2, 0.25) is 0 Å². The minimum Gasteiger partial charge on any atom is -0.396 e. The molecule has 5 nitrogen and oxygen atoms in total. The summed E-state index contributed by atoms with van der Waals surface area (Å²) in [5, 5.41) is 4.17. The highest BCUT2D eigenvalue weighted by Crippen LogP contribution is 2.12. The summed E-state index contributed by atoms with van der Waals surface area (Å²) in [5.74, 6) is 0. The number of likely N-dealkylation sites (tertiary alicyclic amines) is 1. The second-order valence-electron chi connectivity index (χ2n) is 4.34. The number of anilines is 1.